The highest BCUT2D eigenvalue weighted by Crippen LogP contribution is 2.30. The van der Waals surface area contributed by atoms with Crippen LogP contribution >= 0.6 is 0 Å². The third kappa shape index (κ3) is 4.21. The molecule has 1 aliphatic carbocycles. The van der Waals surface area contributed by atoms with Gasteiger partial charge in [0.15, 0.2) is 0 Å². The first-order valence-electron chi connectivity index (χ1n) is 6.78. The van der Waals surface area contributed by atoms with Gasteiger partial charge in [-0.2, -0.15) is 0 Å². The van der Waals surface area contributed by atoms with Crippen LogP contribution in [0.15, 0.2) is 24.3 Å². The van der Waals surface area contributed by atoms with E-state index < -0.39 is 10.0 Å². The second-order valence-corrected chi connectivity index (χ2v) is 7.32. The van der Waals surface area contributed by atoms with Gasteiger partial charge in [0.1, 0.15) is 0 Å². The number of nitrogens with two attached hydrogens (primary N) is 1. The van der Waals surface area contributed by atoms with Gasteiger partial charge in [0, 0.05) is 12.2 Å². The number of nitrogens with one attached hydrogen (secondary N) is 1. The molecule has 5 heteroatoms. The van der Waals surface area contributed by atoms with Gasteiger partial charge in [0.2, 0.25) is 10.0 Å². The van der Waals surface area contributed by atoms with Crippen LogP contribution in [0.25, 0.3) is 0 Å². The van der Waals surface area contributed by atoms with E-state index in [1.54, 1.807) is 24.3 Å². The summed E-state index contributed by atoms with van der Waals surface area (Å²) in [5.41, 5.74) is 6.99. The van der Waals surface area contributed by atoms with Crippen molar-refractivity contribution in [3.05, 3.63) is 29.8 Å². The van der Waals surface area contributed by atoms with Gasteiger partial charge < -0.3 is 5.73 Å². The number of hydrogen-bond donors (Lipinski definition) is 2. The standard InChI is InChI=1S/C14H22N2O2S/c1-11-3-2-4-13(11)9-16-19(17,18)10-12-5-7-14(15)8-6-12/h5-8,11,13,16H,2-4,9-10,15H2,1H3. The maximum absolute atomic E-state index is 12.0. The maximum Gasteiger partial charge on any atom is 0.215 e. The highest BCUT2D eigenvalue weighted by molar-refractivity contribution is 7.88. The summed E-state index contributed by atoms with van der Waals surface area (Å²) in [6, 6.07) is 6.97. The van der Waals surface area contributed by atoms with Crippen LogP contribution in [0.1, 0.15) is 31.7 Å². The van der Waals surface area contributed by atoms with E-state index in [9.17, 15) is 8.42 Å². The Morgan fingerprint density at radius 3 is 2.53 bits per heavy atom. The van der Waals surface area contributed by atoms with E-state index in [-0.39, 0.29) is 5.75 Å². The Balaban J connectivity index is 1.89. The third-order valence-electron chi connectivity index (χ3n) is 3.94. The highest BCUT2D eigenvalue weighted by Gasteiger charge is 2.24. The average Bonchev–Trinajstić information content (AvgIpc) is 2.75. The van der Waals surface area contributed by atoms with Gasteiger partial charge in [-0.1, -0.05) is 31.9 Å². The molecule has 0 amide bonds. The second kappa shape index (κ2) is 5.92. The van der Waals surface area contributed by atoms with Crippen molar-refractivity contribution in [1.82, 2.24) is 4.72 Å². The topological polar surface area (TPSA) is 72.2 Å². The lowest BCUT2D eigenvalue weighted by atomic mass is 9.99. The predicted molar refractivity (Wildman–Crippen MR) is 78.0 cm³/mol. The molecule has 0 radical (unpaired) electrons. The Morgan fingerprint density at radius 1 is 1.26 bits per heavy atom. The first-order valence-corrected chi connectivity index (χ1v) is 8.43. The molecule has 0 saturated heterocycles. The van der Waals surface area contributed by atoms with Gasteiger partial charge in [0.05, 0.1) is 5.75 Å². The zero-order chi connectivity index (χ0) is 13.9. The van der Waals surface area contributed by atoms with Crippen molar-refractivity contribution >= 4 is 15.7 Å². The highest BCUT2D eigenvalue weighted by atomic mass is 32.2. The van der Waals surface area contributed by atoms with E-state index in [0.717, 1.165) is 12.0 Å². The Hall–Kier alpha value is -1.07. The SMILES string of the molecule is CC1CCCC1CNS(=O)(=O)Cc1ccc(N)cc1. The molecule has 1 aromatic carbocycles. The number of benzene rings is 1. The summed E-state index contributed by atoms with van der Waals surface area (Å²) in [5, 5.41) is 0. The van der Waals surface area contributed by atoms with Crippen LogP contribution in [0.3, 0.4) is 0 Å². The zero-order valence-electron chi connectivity index (χ0n) is 11.3. The molecule has 2 rings (SSSR count). The molecule has 2 unspecified atom stereocenters. The van der Waals surface area contributed by atoms with Crippen LogP contribution in [0.4, 0.5) is 5.69 Å². The van der Waals surface area contributed by atoms with Crippen molar-refractivity contribution in [3.63, 3.8) is 0 Å². The smallest absolute Gasteiger partial charge is 0.215 e. The number of sulfonamides is 1. The van der Waals surface area contributed by atoms with Crippen LogP contribution in [0, 0.1) is 11.8 Å². The van der Waals surface area contributed by atoms with Crippen molar-refractivity contribution in [2.75, 3.05) is 12.3 Å². The van der Waals surface area contributed by atoms with Crippen LogP contribution in [0.5, 0.6) is 0 Å². The third-order valence-corrected chi connectivity index (χ3v) is 5.26. The fraction of sp³-hybridized carbons (Fsp3) is 0.571. The van der Waals surface area contributed by atoms with E-state index >= 15 is 0 Å². The molecule has 3 N–H and O–H groups in total. The molecule has 0 heterocycles. The van der Waals surface area contributed by atoms with E-state index in [1.165, 1.54) is 12.8 Å². The first kappa shape index (κ1) is 14.3. The van der Waals surface area contributed by atoms with Crippen molar-refractivity contribution in [1.29, 1.82) is 0 Å². The molecule has 19 heavy (non-hydrogen) atoms. The second-order valence-electron chi connectivity index (χ2n) is 5.52. The normalized spacial score (nSPS) is 23.6. The molecule has 1 aliphatic rings. The van der Waals surface area contributed by atoms with E-state index in [0.29, 0.717) is 24.1 Å². The molecule has 1 saturated carbocycles. The summed E-state index contributed by atoms with van der Waals surface area (Å²) in [5.74, 6) is 1.13. The van der Waals surface area contributed by atoms with Crippen molar-refractivity contribution in [2.45, 2.75) is 31.9 Å². The number of hydrogen-bond acceptors (Lipinski definition) is 3. The summed E-state index contributed by atoms with van der Waals surface area (Å²) < 4.78 is 26.7. The molecule has 1 aromatic rings. The fourth-order valence-electron chi connectivity index (χ4n) is 2.64. The minimum atomic E-state index is -3.25. The largest absolute Gasteiger partial charge is 0.399 e. The lowest BCUT2D eigenvalue weighted by Gasteiger charge is -2.16. The molecule has 0 bridgehead atoms. The van der Waals surface area contributed by atoms with E-state index in [4.69, 9.17) is 5.73 Å². The number of anilines is 1. The molecule has 106 valence electrons. The van der Waals surface area contributed by atoms with Gasteiger partial charge in [-0.25, -0.2) is 13.1 Å². The summed E-state index contributed by atoms with van der Waals surface area (Å²) in [7, 11) is -3.25. The molecule has 0 aromatic heterocycles. The van der Waals surface area contributed by atoms with E-state index in [1.807, 2.05) is 0 Å². The quantitative estimate of drug-likeness (QED) is 0.813. The molecular formula is C14H22N2O2S. The zero-order valence-corrected chi connectivity index (χ0v) is 12.1. The predicted octanol–water partition coefficient (Wildman–Crippen LogP) is 2.12. The molecule has 0 aliphatic heterocycles. The van der Waals surface area contributed by atoms with Crippen molar-refractivity contribution in [2.24, 2.45) is 11.8 Å². The Labute approximate surface area is 115 Å². The van der Waals surface area contributed by atoms with Crippen LogP contribution in [0.2, 0.25) is 0 Å². The van der Waals surface area contributed by atoms with Gasteiger partial charge in [-0.3, -0.25) is 0 Å². The number of nitrogen functional groups attached to an aromatic ring is 1. The number of rotatable bonds is 5. The minimum absolute atomic E-state index is 0.0222. The average molecular weight is 282 g/mol. The molecule has 0 spiro atoms. The first-order chi connectivity index (χ1) is 8.96. The Kier molecular flexibility index (Phi) is 4.47. The minimum Gasteiger partial charge on any atom is -0.399 e. The maximum atomic E-state index is 12.0. The lowest BCUT2D eigenvalue weighted by Crippen LogP contribution is -2.31. The Morgan fingerprint density at radius 2 is 1.95 bits per heavy atom. The lowest BCUT2D eigenvalue weighted by molar-refractivity contribution is 0.414. The molecular weight excluding hydrogens is 260 g/mol. The summed E-state index contributed by atoms with van der Waals surface area (Å²) in [6.45, 7) is 2.77. The summed E-state index contributed by atoms with van der Waals surface area (Å²) in [4.78, 5) is 0. The molecule has 1 fully saturated rings. The fourth-order valence-corrected chi connectivity index (χ4v) is 3.85. The van der Waals surface area contributed by atoms with Crippen molar-refractivity contribution in [3.8, 4) is 0 Å². The Bertz CT molecular complexity index is 511. The van der Waals surface area contributed by atoms with E-state index in [2.05, 4.69) is 11.6 Å². The van der Waals surface area contributed by atoms with Gasteiger partial charge in [0.25, 0.3) is 0 Å². The van der Waals surface area contributed by atoms with Crippen LogP contribution in [-0.4, -0.2) is 15.0 Å². The van der Waals surface area contributed by atoms with Crippen molar-refractivity contribution < 1.29 is 8.42 Å². The van der Waals surface area contributed by atoms with Gasteiger partial charge in [-0.15, -0.1) is 0 Å². The monoisotopic (exact) mass is 282 g/mol. The molecule has 4 nitrogen and oxygen atoms in total. The summed E-state index contributed by atoms with van der Waals surface area (Å²) >= 11 is 0. The van der Waals surface area contributed by atoms with Gasteiger partial charge in [-0.05, 0) is 36.0 Å². The van der Waals surface area contributed by atoms with Crippen LogP contribution in [-0.2, 0) is 15.8 Å². The summed E-state index contributed by atoms with van der Waals surface area (Å²) in [6.07, 6.45) is 3.56. The van der Waals surface area contributed by atoms with Crippen LogP contribution < -0.4 is 10.5 Å². The van der Waals surface area contributed by atoms with Gasteiger partial charge >= 0.3 is 0 Å². The molecule has 2 atom stereocenters.